The van der Waals surface area contributed by atoms with Crippen LogP contribution in [0.2, 0.25) is 0 Å². The maximum atomic E-state index is 13.2. The lowest BCUT2D eigenvalue weighted by molar-refractivity contribution is -0.473. The van der Waals surface area contributed by atoms with Crippen molar-refractivity contribution in [1.29, 1.82) is 0 Å². The normalized spacial score (nSPS) is 37.8. The smallest absolute Gasteiger partial charge is 0.360 e. The van der Waals surface area contributed by atoms with Gasteiger partial charge >= 0.3 is 11.9 Å². The highest BCUT2D eigenvalue weighted by Crippen LogP contribution is 2.38. The second-order valence-corrected chi connectivity index (χ2v) is 15.4. The quantitative estimate of drug-likeness (QED) is 0.0294. The van der Waals surface area contributed by atoms with Gasteiger partial charge in [0.2, 0.25) is 0 Å². The molecule has 2 unspecified atom stereocenters. The summed E-state index contributed by atoms with van der Waals surface area (Å²) in [5.74, 6) is -3.94. The molecule has 0 aromatic heterocycles. The van der Waals surface area contributed by atoms with Crippen molar-refractivity contribution >= 4 is 5.97 Å². The molecule has 0 aliphatic carbocycles. The van der Waals surface area contributed by atoms with E-state index in [1.807, 2.05) is 0 Å². The summed E-state index contributed by atoms with van der Waals surface area (Å²) in [6.45, 7) is -0.475. The van der Waals surface area contributed by atoms with E-state index in [0.29, 0.717) is 12.8 Å². The Morgan fingerprint density at radius 2 is 1.00 bits per heavy atom. The number of esters is 1. The molecule has 330 valence electrons. The average molecular weight is 815 g/mol. The van der Waals surface area contributed by atoms with Crippen molar-refractivity contribution in [3.05, 3.63) is 0 Å². The molecule has 0 aromatic carbocycles. The molecule has 3 saturated heterocycles. The molecule has 3 aliphatic heterocycles. The summed E-state index contributed by atoms with van der Waals surface area (Å²) in [5.41, 5.74) is 0. The minimum absolute atomic E-state index is 0.174. The fourth-order valence-corrected chi connectivity index (χ4v) is 7.41. The molecule has 11 N–H and O–H groups in total. The molecule has 3 aliphatic rings. The van der Waals surface area contributed by atoms with Crippen LogP contribution in [0, 0.1) is 0 Å². The van der Waals surface area contributed by atoms with Crippen LogP contribution in [0.15, 0.2) is 0 Å². The lowest BCUT2D eigenvalue weighted by Crippen LogP contribution is -2.71. The summed E-state index contributed by atoms with van der Waals surface area (Å²) in [5, 5.41) is 114. The van der Waals surface area contributed by atoms with Crippen molar-refractivity contribution in [2.75, 3.05) is 19.8 Å². The topological polar surface area (TPSA) is 295 Å². The van der Waals surface area contributed by atoms with E-state index in [0.717, 1.165) is 25.7 Å². The van der Waals surface area contributed by atoms with Crippen molar-refractivity contribution in [2.24, 2.45) is 0 Å². The Morgan fingerprint density at radius 3 is 1.50 bits per heavy atom. The van der Waals surface area contributed by atoms with Crippen LogP contribution in [0.5, 0.6) is 0 Å². The zero-order valence-corrected chi connectivity index (χ0v) is 32.7. The van der Waals surface area contributed by atoms with Crippen LogP contribution in [0.1, 0.15) is 122 Å². The van der Waals surface area contributed by atoms with Gasteiger partial charge in [0.1, 0.15) is 67.1 Å². The van der Waals surface area contributed by atoms with Gasteiger partial charge in [0, 0.05) is 6.42 Å². The molecular weight excluding hydrogens is 744 g/mol. The summed E-state index contributed by atoms with van der Waals surface area (Å²) in [6.07, 6.45) is -6.94. The highest BCUT2D eigenvalue weighted by atomic mass is 16.9. The van der Waals surface area contributed by atoms with E-state index < -0.39 is 118 Å². The summed E-state index contributed by atoms with van der Waals surface area (Å²) < 4.78 is 33.0. The van der Waals surface area contributed by atoms with Crippen molar-refractivity contribution in [3.63, 3.8) is 0 Å². The zero-order valence-electron chi connectivity index (χ0n) is 32.7. The van der Waals surface area contributed by atoms with Gasteiger partial charge in [-0.3, -0.25) is 4.79 Å². The van der Waals surface area contributed by atoms with Gasteiger partial charge in [-0.2, -0.15) is 0 Å². The predicted octanol–water partition coefficient (Wildman–Crippen LogP) is -0.660. The molecular formula is C38H70O18. The summed E-state index contributed by atoms with van der Waals surface area (Å²) >= 11 is 0. The van der Waals surface area contributed by atoms with Gasteiger partial charge in [0.15, 0.2) is 18.7 Å². The summed E-state index contributed by atoms with van der Waals surface area (Å²) in [4.78, 5) is 13.2. The van der Waals surface area contributed by atoms with Gasteiger partial charge in [-0.25, -0.2) is 0 Å². The number of hydrogen-bond donors (Lipinski definition) is 11. The van der Waals surface area contributed by atoms with Crippen molar-refractivity contribution in [3.8, 4) is 0 Å². The Balaban J connectivity index is 1.53. The first-order chi connectivity index (χ1) is 26.8. The molecule has 0 aromatic rings. The van der Waals surface area contributed by atoms with E-state index >= 15 is 0 Å². The number of carbonyl (C=O) groups is 1. The van der Waals surface area contributed by atoms with E-state index in [1.165, 1.54) is 70.6 Å². The number of ether oxygens (including phenoxy) is 6. The monoisotopic (exact) mass is 814 g/mol. The number of aliphatic hydroxyl groups excluding tert-OH is 11. The van der Waals surface area contributed by atoms with E-state index in [-0.39, 0.29) is 6.42 Å². The van der Waals surface area contributed by atoms with E-state index in [4.69, 9.17) is 28.4 Å². The standard InChI is InChI=1S/C38H70O18/c1-2-3-4-5-6-7-8-9-10-11-12-13-14-15-16-17-18-19-26(42)55-38(35(49)30(46)27(43)23(20-39)54-38)56-34-25(22-41)52-37(32(48)29(34)45)53-33-24(21-40)51-36(50)31(47)28(33)44/h23-25,27-37,39-41,43-50H,2-22H2,1H3/t23-,24-,25-,27-,28-,29-,30+,31-,32-,33-,34-,35-,36+,37?,38?/m1/s1. The highest BCUT2D eigenvalue weighted by Gasteiger charge is 2.61. The second kappa shape index (κ2) is 25.5. The number of rotatable bonds is 26. The zero-order chi connectivity index (χ0) is 41.3. The Bertz CT molecular complexity index is 1070. The molecule has 0 amide bonds. The Hall–Kier alpha value is -1.17. The van der Waals surface area contributed by atoms with Crippen molar-refractivity contribution in [2.45, 2.75) is 214 Å². The van der Waals surface area contributed by atoms with Crippen molar-refractivity contribution < 1.29 is 89.4 Å². The van der Waals surface area contributed by atoms with Gasteiger partial charge in [-0.05, 0) is 6.42 Å². The van der Waals surface area contributed by atoms with Gasteiger partial charge in [0.25, 0.3) is 0 Å². The maximum Gasteiger partial charge on any atom is 0.360 e. The van der Waals surface area contributed by atoms with E-state index in [9.17, 15) is 61.0 Å². The third-order valence-corrected chi connectivity index (χ3v) is 10.9. The Labute approximate surface area is 329 Å². The molecule has 0 radical (unpaired) electrons. The molecule has 18 heteroatoms. The van der Waals surface area contributed by atoms with Crippen LogP contribution in [-0.4, -0.2) is 174 Å². The highest BCUT2D eigenvalue weighted by molar-refractivity contribution is 5.69. The lowest BCUT2D eigenvalue weighted by Gasteiger charge is -2.51. The second-order valence-electron chi connectivity index (χ2n) is 15.4. The Kier molecular flexibility index (Phi) is 22.4. The molecule has 56 heavy (non-hydrogen) atoms. The van der Waals surface area contributed by atoms with Crippen LogP contribution in [0.3, 0.4) is 0 Å². The van der Waals surface area contributed by atoms with Gasteiger partial charge in [-0.1, -0.05) is 110 Å². The minimum Gasteiger partial charge on any atom is -0.405 e. The number of carbonyl (C=O) groups excluding carboxylic acids is 1. The van der Waals surface area contributed by atoms with Gasteiger partial charge in [-0.15, -0.1) is 0 Å². The molecule has 0 spiro atoms. The maximum absolute atomic E-state index is 13.2. The van der Waals surface area contributed by atoms with Crippen LogP contribution in [-0.2, 0) is 33.2 Å². The molecule has 18 nitrogen and oxygen atoms in total. The predicted molar refractivity (Wildman–Crippen MR) is 195 cm³/mol. The number of unbranched alkanes of at least 4 members (excludes halogenated alkanes) is 16. The molecule has 0 saturated carbocycles. The largest absolute Gasteiger partial charge is 0.405 e. The lowest BCUT2D eigenvalue weighted by atomic mass is 9.95. The van der Waals surface area contributed by atoms with Gasteiger partial charge in [0.05, 0.1) is 19.8 Å². The SMILES string of the molecule is CCCCCCCCCCCCCCCCCCCC(=O)OC1(O[C@H]2[C@H](O)[C@@H](O)C(O[C@H]3[C@H](O)[C@@H](O)[C@@H](O)O[C@@H]3CO)O[C@@H]2CO)O[C@H](CO)[C@@H](O)[C@H](O)[C@H]1O. The summed E-state index contributed by atoms with van der Waals surface area (Å²) in [6, 6.07) is 0. The first-order valence-corrected chi connectivity index (χ1v) is 20.7. The minimum atomic E-state index is -2.98. The van der Waals surface area contributed by atoms with E-state index in [1.54, 1.807) is 0 Å². The number of aliphatic hydroxyl groups is 11. The number of hydrogen-bond acceptors (Lipinski definition) is 18. The van der Waals surface area contributed by atoms with Crippen LogP contribution in [0.25, 0.3) is 0 Å². The first-order valence-electron chi connectivity index (χ1n) is 20.7. The Morgan fingerprint density at radius 1 is 0.536 bits per heavy atom. The average Bonchev–Trinajstić information content (AvgIpc) is 3.19. The molecule has 3 heterocycles. The fraction of sp³-hybridized carbons (Fsp3) is 0.974. The first kappa shape index (κ1) is 49.2. The molecule has 0 bridgehead atoms. The van der Waals surface area contributed by atoms with Crippen LogP contribution < -0.4 is 0 Å². The van der Waals surface area contributed by atoms with Crippen LogP contribution >= 0.6 is 0 Å². The third kappa shape index (κ3) is 14.0. The molecule has 3 rings (SSSR count). The molecule has 3 fully saturated rings. The third-order valence-electron chi connectivity index (χ3n) is 10.9. The fourth-order valence-electron chi connectivity index (χ4n) is 7.41. The van der Waals surface area contributed by atoms with E-state index in [2.05, 4.69) is 6.92 Å². The van der Waals surface area contributed by atoms with Gasteiger partial charge < -0.3 is 84.6 Å². The molecule has 15 atom stereocenters. The van der Waals surface area contributed by atoms with Crippen LogP contribution in [0.4, 0.5) is 0 Å². The van der Waals surface area contributed by atoms with Crippen molar-refractivity contribution in [1.82, 2.24) is 0 Å². The summed E-state index contributed by atoms with van der Waals surface area (Å²) in [7, 11) is 0.